The molecule has 2 rings (SSSR count). The first-order valence-electron chi connectivity index (χ1n) is 6.11. The Hall–Kier alpha value is -2.07. The van der Waals surface area contributed by atoms with Crippen molar-refractivity contribution in [2.24, 2.45) is 5.73 Å². The van der Waals surface area contributed by atoms with Crippen LogP contribution in [0.5, 0.6) is 11.5 Å². The summed E-state index contributed by atoms with van der Waals surface area (Å²) in [5.74, 6) is 1.40. The minimum Gasteiger partial charge on any atom is -0.493 e. The van der Waals surface area contributed by atoms with E-state index in [-0.39, 0.29) is 6.04 Å². The molecule has 0 aliphatic carbocycles. The zero-order valence-electron chi connectivity index (χ0n) is 11.2. The molecule has 0 aliphatic heterocycles. The molecule has 1 heterocycles. The SMILES string of the molecule is COc1cccc(C(N)Cc2ccncc2)c1OC. The van der Waals surface area contributed by atoms with E-state index in [1.165, 1.54) is 0 Å². The molecule has 0 bridgehead atoms. The predicted molar refractivity (Wildman–Crippen MR) is 74.4 cm³/mol. The van der Waals surface area contributed by atoms with Crippen LogP contribution in [0.3, 0.4) is 0 Å². The van der Waals surface area contributed by atoms with E-state index in [2.05, 4.69) is 4.98 Å². The fourth-order valence-electron chi connectivity index (χ4n) is 2.09. The number of methoxy groups -OCH3 is 2. The number of pyridine rings is 1. The van der Waals surface area contributed by atoms with Crippen molar-refractivity contribution in [3.8, 4) is 11.5 Å². The number of para-hydroxylation sites is 1. The van der Waals surface area contributed by atoms with Crippen molar-refractivity contribution in [2.75, 3.05) is 14.2 Å². The molecule has 0 saturated heterocycles. The molecule has 0 aliphatic rings. The van der Waals surface area contributed by atoms with Crippen LogP contribution in [0.25, 0.3) is 0 Å². The van der Waals surface area contributed by atoms with Gasteiger partial charge in [-0.25, -0.2) is 0 Å². The Morgan fingerprint density at radius 3 is 2.47 bits per heavy atom. The normalized spacial score (nSPS) is 11.9. The van der Waals surface area contributed by atoms with E-state index in [0.717, 1.165) is 17.5 Å². The van der Waals surface area contributed by atoms with Gasteiger partial charge in [0.2, 0.25) is 0 Å². The van der Waals surface area contributed by atoms with Crippen LogP contribution in [0, 0.1) is 0 Å². The predicted octanol–water partition coefficient (Wildman–Crippen LogP) is 2.34. The molecule has 0 radical (unpaired) electrons. The smallest absolute Gasteiger partial charge is 0.165 e. The Morgan fingerprint density at radius 1 is 1.11 bits per heavy atom. The lowest BCUT2D eigenvalue weighted by molar-refractivity contribution is 0.349. The molecule has 0 saturated carbocycles. The van der Waals surface area contributed by atoms with E-state index in [0.29, 0.717) is 11.5 Å². The van der Waals surface area contributed by atoms with Gasteiger partial charge in [0.1, 0.15) is 0 Å². The van der Waals surface area contributed by atoms with Gasteiger partial charge >= 0.3 is 0 Å². The van der Waals surface area contributed by atoms with Crippen molar-refractivity contribution in [3.05, 3.63) is 53.9 Å². The second-order valence-corrected chi connectivity index (χ2v) is 4.25. The van der Waals surface area contributed by atoms with Crippen molar-refractivity contribution >= 4 is 0 Å². The Bertz CT molecular complexity index is 529. The van der Waals surface area contributed by atoms with Gasteiger partial charge in [0.15, 0.2) is 11.5 Å². The van der Waals surface area contributed by atoms with Gasteiger partial charge in [-0.05, 0) is 30.2 Å². The zero-order valence-corrected chi connectivity index (χ0v) is 11.2. The van der Waals surface area contributed by atoms with Crippen LogP contribution in [0.15, 0.2) is 42.7 Å². The minimum absolute atomic E-state index is 0.146. The van der Waals surface area contributed by atoms with Gasteiger partial charge in [-0.2, -0.15) is 0 Å². The quantitative estimate of drug-likeness (QED) is 0.894. The first-order chi connectivity index (χ1) is 9.26. The van der Waals surface area contributed by atoms with Gasteiger partial charge in [0, 0.05) is 24.0 Å². The van der Waals surface area contributed by atoms with Gasteiger partial charge < -0.3 is 15.2 Å². The van der Waals surface area contributed by atoms with Crippen LogP contribution < -0.4 is 15.2 Å². The molecule has 4 nitrogen and oxygen atoms in total. The third-order valence-electron chi connectivity index (χ3n) is 3.04. The fourth-order valence-corrected chi connectivity index (χ4v) is 2.09. The van der Waals surface area contributed by atoms with Crippen molar-refractivity contribution in [3.63, 3.8) is 0 Å². The van der Waals surface area contributed by atoms with Crippen LogP contribution in [-0.2, 0) is 6.42 Å². The summed E-state index contributed by atoms with van der Waals surface area (Å²) < 4.78 is 10.7. The van der Waals surface area contributed by atoms with E-state index in [1.54, 1.807) is 26.6 Å². The minimum atomic E-state index is -0.146. The standard InChI is InChI=1S/C15H18N2O2/c1-18-14-5-3-4-12(15(14)19-2)13(16)10-11-6-8-17-9-7-11/h3-9,13H,10,16H2,1-2H3. The van der Waals surface area contributed by atoms with Crippen molar-refractivity contribution in [1.29, 1.82) is 0 Å². The molecule has 1 atom stereocenters. The van der Waals surface area contributed by atoms with E-state index < -0.39 is 0 Å². The first-order valence-corrected chi connectivity index (χ1v) is 6.11. The zero-order chi connectivity index (χ0) is 13.7. The second-order valence-electron chi connectivity index (χ2n) is 4.25. The topological polar surface area (TPSA) is 57.4 Å². The van der Waals surface area contributed by atoms with Crippen LogP contribution in [0.1, 0.15) is 17.2 Å². The highest BCUT2D eigenvalue weighted by Gasteiger charge is 2.16. The van der Waals surface area contributed by atoms with Crippen LogP contribution in [0.4, 0.5) is 0 Å². The average molecular weight is 258 g/mol. The maximum atomic E-state index is 6.27. The summed E-state index contributed by atoms with van der Waals surface area (Å²) in [5, 5.41) is 0. The summed E-state index contributed by atoms with van der Waals surface area (Å²) in [6.07, 6.45) is 4.27. The maximum Gasteiger partial charge on any atom is 0.165 e. The molecular weight excluding hydrogens is 240 g/mol. The number of ether oxygens (including phenoxy) is 2. The fraction of sp³-hybridized carbons (Fsp3) is 0.267. The number of rotatable bonds is 5. The molecule has 0 spiro atoms. The monoisotopic (exact) mass is 258 g/mol. The molecule has 0 amide bonds. The van der Waals surface area contributed by atoms with Crippen molar-refractivity contribution in [2.45, 2.75) is 12.5 Å². The average Bonchev–Trinajstić information content (AvgIpc) is 2.47. The number of aromatic nitrogens is 1. The molecule has 0 fully saturated rings. The number of benzene rings is 1. The summed E-state index contributed by atoms with van der Waals surface area (Å²) in [4.78, 5) is 4.00. The van der Waals surface area contributed by atoms with Crippen molar-refractivity contribution in [1.82, 2.24) is 4.98 Å². The second kappa shape index (κ2) is 6.20. The first kappa shape index (κ1) is 13.4. The maximum absolute atomic E-state index is 6.27. The molecular formula is C15H18N2O2. The number of hydrogen-bond acceptors (Lipinski definition) is 4. The molecule has 1 aromatic heterocycles. The van der Waals surface area contributed by atoms with E-state index in [1.807, 2.05) is 30.3 Å². The largest absolute Gasteiger partial charge is 0.493 e. The molecule has 2 N–H and O–H groups in total. The molecule has 2 aromatic rings. The lowest BCUT2D eigenvalue weighted by atomic mass is 9.99. The van der Waals surface area contributed by atoms with Gasteiger partial charge in [-0.15, -0.1) is 0 Å². The summed E-state index contributed by atoms with van der Waals surface area (Å²) >= 11 is 0. The van der Waals surface area contributed by atoms with Gasteiger partial charge in [0.25, 0.3) is 0 Å². The Labute approximate surface area is 113 Å². The van der Waals surface area contributed by atoms with Gasteiger partial charge in [0.05, 0.1) is 14.2 Å². The highest BCUT2D eigenvalue weighted by atomic mass is 16.5. The van der Waals surface area contributed by atoms with Gasteiger partial charge in [-0.3, -0.25) is 4.98 Å². The Kier molecular flexibility index (Phi) is 4.36. The Balaban J connectivity index is 2.26. The number of nitrogens with zero attached hydrogens (tertiary/aromatic N) is 1. The van der Waals surface area contributed by atoms with Crippen molar-refractivity contribution < 1.29 is 9.47 Å². The van der Waals surface area contributed by atoms with E-state index >= 15 is 0 Å². The lowest BCUT2D eigenvalue weighted by Gasteiger charge is -2.17. The number of nitrogens with two attached hydrogens (primary N) is 1. The highest BCUT2D eigenvalue weighted by molar-refractivity contribution is 5.48. The molecule has 4 heteroatoms. The summed E-state index contributed by atoms with van der Waals surface area (Å²) in [6, 6.07) is 9.53. The third-order valence-corrected chi connectivity index (χ3v) is 3.04. The molecule has 19 heavy (non-hydrogen) atoms. The number of hydrogen-bond donors (Lipinski definition) is 1. The summed E-state index contributed by atoms with van der Waals surface area (Å²) in [7, 11) is 3.25. The van der Waals surface area contributed by atoms with Crippen LogP contribution in [-0.4, -0.2) is 19.2 Å². The van der Waals surface area contributed by atoms with E-state index in [9.17, 15) is 0 Å². The summed E-state index contributed by atoms with van der Waals surface area (Å²) in [6.45, 7) is 0. The highest BCUT2D eigenvalue weighted by Crippen LogP contribution is 2.34. The van der Waals surface area contributed by atoms with Crippen LogP contribution >= 0.6 is 0 Å². The molecule has 1 aromatic carbocycles. The summed E-state index contributed by atoms with van der Waals surface area (Å²) in [5.41, 5.74) is 8.36. The van der Waals surface area contributed by atoms with Gasteiger partial charge in [-0.1, -0.05) is 12.1 Å². The van der Waals surface area contributed by atoms with Crippen LogP contribution in [0.2, 0.25) is 0 Å². The molecule has 1 unspecified atom stereocenters. The lowest BCUT2D eigenvalue weighted by Crippen LogP contribution is -2.14. The molecule has 100 valence electrons. The van der Waals surface area contributed by atoms with E-state index in [4.69, 9.17) is 15.2 Å². The Morgan fingerprint density at radius 2 is 1.84 bits per heavy atom. The third kappa shape index (κ3) is 3.03.